The third-order valence-corrected chi connectivity index (χ3v) is 3.41. The summed E-state index contributed by atoms with van der Waals surface area (Å²) in [6, 6.07) is 15.0. The van der Waals surface area contributed by atoms with Gasteiger partial charge >= 0.3 is 0 Å². The molecule has 2 aromatic carbocycles. The molecule has 0 amide bonds. The second-order valence-corrected chi connectivity index (χ2v) is 5.47. The predicted octanol–water partition coefficient (Wildman–Crippen LogP) is 3.74. The van der Waals surface area contributed by atoms with Gasteiger partial charge in [0.1, 0.15) is 17.1 Å². The van der Waals surface area contributed by atoms with Crippen molar-refractivity contribution in [1.82, 2.24) is 0 Å². The van der Waals surface area contributed by atoms with Crippen LogP contribution >= 0.6 is 0 Å². The van der Waals surface area contributed by atoms with Crippen molar-refractivity contribution in [3.05, 3.63) is 59.7 Å². The Balaban J connectivity index is 2.47. The lowest BCUT2D eigenvalue weighted by Crippen LogP contribution is -2.24. The van der Waals surface area contributed by atoms with Gasteiger partial charge in [-0.15, -0.1) is 0 Å². The minimum absolute atomic E-state index is 0.0484. The fourth-order valence-corrected chi connectivity index (χ4v) is 2.31. The van der Waals surface area contributed by atoms with Crippen LogP contribution in [0, 0.1) is 0 Å². The molecule has 0 saturated heterocycles. The van der Waals surface area contributed by atoms with Crippen LogP contribution in [0.1, 0.15) is 31.9 Å². The summed E-state index contributed by atoms with van der Waals surface area (Å²) < 4.78 is 11.1. The van der Waals surface area contributed by atoms with Crippen molar-refractivity contribution in [3.8, 4) is 11.5 Å². The van der Waals surface area contributed by atoms with Crippen molar-refractivity contribution < 1.29 is 14.6 Å². The van der Waals surface area contributed by atoms with Crippen LogP contribution in [0.5, 0.6) is 11.5 Å². The Labute approximate surface area is 126 Å². The maximum Gasteiger partial charge on any atom is 0.126 e. The molecular formula is C18H22O3. The number of hydrogen-bond acceptors (Lipinski definition) is 3. The molecule has 0 heterocycles. The molecule has 1 N–H and O–H groups in total. The first kappa shape index (κ1) is 15.4. The molecule has 1 unspecified atom stereocenters. The largest absolute Gasteiger partial charge is 0.497 e. The molecule has 0 aliphatic heterocycles. The van der Waals surface area contributed by atoms with Gasteiger partial charge in [0.05, 0.1) is 13.2 Å². The zero-order valence-electron chi connectivity index (χ0n) is 13.0. The third-order valence-electron chi connectivity index (χ3n) is 3.41. The van der Waals surface area contributed by atoms with Crippen molar-refractivity contribution in [2.45, 2.75) is 32.5 Å². The Morgan fingerprint density at radius 2 is 1.76 bits per heavy atom. The SMILES string of the molecule is COc1cccc(C(C)(O)c2ccccc2OC(C)C)c1. The maximum absolute atomic E-state index is 11.0. The summed E-state index contributed by atoms with van der Waals surface area (Å²) in [4.78, 5) is 0. The van der Waals surface area contributed by atoms with Crippen LogP contribution in [0.3, 0.4) is 0 Å². The molecule has 0 radical (unpaired) electrons. The minimum Gasteiger partial charge on any atom is -0.497 e. The zero-order chi connectivity index (χ0) is 15.5. The van der Waals surface area contributed by atoms with Gasteiger partial charge in [-0.25, -0.2) is 0 Å². The van der Waals surface area contributed by atoms with Crippen LogP contribution < -0.4 is 9.47 Å². The molecular weight excluding hydrogens is 264 g/mol. The lowest BCUT2D eigenvalue weighted by Gasteiger charge is -2.27. The quantitative estimate of drug-likeness (QED) is 0.910. The van der Waals surface area contributed by atoms with Gasteiger partial charge in [-0.2, -0.15) is 0 Å². The minimum atomic E-state index is -1.15. The second kappa shape index (κ2) is 6.19. The molecule has 21 heavy (non-hydrogen) atoms. The van der Waals surface area contributed by atoms with Gasteiger partial charge < -0.3 is 14.6 Å². The molecule has 112 valence electrons. The molecule has 0 aliphatic carbocycles. The number of ether oxygens (including phenoxy) is 2. The lowest BCUT2D eigenvalue weighted by atomic mass is 9.87. The van der Waals surface area contributed by atoms with Gasteiger partial charge in [0.15, 0.2) is 0 Å². The Hall–Kier alpha value is -2.00. The number of aliphatic hydroxyl groups is 1. The first-order chi connectivity index (χ1) is 9.95. The normalized spacial score (nSPS) is 13.8. The average Bonchev–Trinajstić information content (AvgIpc) is 2.47. The Morgan fingerprint density at radius 3 is 2.43 bits per heavy atom. The van der Waals surface area contributed by atoms with Crippen LogP contribution in [0.4, 0.5) is 0 Å². The van der Waals surface area contributed by atoms with E-state index in [0.717, 1.165) is 16.9 Å². The first-order valence-corrected chi connectivity index (χ1v) is 7.08. The van der Waals surface area contributed by atoms with Crippen molar-refractivity contribution >= 4 is 0 Å². The summed E-state index contributed by atoms with van der Waals surface area (Å²) in [5.74, 6) is 1.41. The van der Waals surface area contributed by atoms with E-state index < -0.39 is 5.60 Å². The summed E-state index contributed by atoms with van der Waals surface area (Å²) in [6.45, 7) is 5.71. The van der Waals surface area contributed by atoms with Crippen LogP contribution in [0.2, 0.25) is 0 Å². The van der Waals surface area contributed by atoms with Gasteiger partial charge in [-0.3, -0.25) is 0 Å². The van der Waals surface area contributed by atoms with Gasteiger partial charge in [-0.1, -0.05) is 30.3 Å². The highest BCUT2D eigenvalue weighted by Gasteiger charge is 2.29. The van der Waals surface area contributed by atoms with Crippen LogP contribution in [-0.4, -0.2) is 18.3 Å². The number of hydrogen-bond donors (Lipinski definition) is 1. The smallest absolute Gasteiger partial charge is 0.126 e. The van der Waals surface area contributed by atoms with E-state index in [0.29, 0.717) is 5.75 Å². The molecule has 2 aromatic rings. The highest BCUT2D eigenvalue weighted by atomic mass is 16.5. The Morgan fingerprint density at radius 1 is 1.05 bits per heavy atom. The summed E-state index contributed by atoms with van der Waals surface area (Å²) in [5.41, 5.74) is 0.355. The van der Waals surface area contributed by atoms with Crippen molar-refractivity contribution in [2.24, 2.45) is 0 Å². The van der Waals surface area contributed by atoms with E-state index in [-0.39, 0.29) is 6.10 Å². The molecule has 0 saturated carbocycles. The van der Waals surface area contributed by atoms with E-state index in [9.17, 15) is 5.11 Å². The Kier molecular flexibility index (Phi) is 4.53. The zero-order valence-corrected chi connectivity index (χ0v) is 13.0. The number of methoxy groups -OCH3 is 1. The Bertz CT molecular complexity index is 603. The van der Waals surface area contributed by atoms with Crippen molar-refractivity contribution in [1.29, 1.82) is 0 Å². The molecule has 0 aromatic heterocycles. The summed E-state index contributed by atoms with van der Waals surface area (Å²) in [6.07, 6.45) is 0.0484. The second-order valence-electron chi connectivity index (χ2n) is 5.47. The van der Waals surface area contributed by atoms with Crippen LogP contribution in [0.25, 0.3) is 0 Å². The molecule has 1 atom stereocenters. The summed E-state index contributed by atoms with van der Waals surface area (Å²) >= 11 is 0. The van der Waals surface area contributed by atoms with Crippen LogP contribution in [0.15, 0.2) is 48.5 Å². The standard InChI is InChI=1S/C18H22O3/c1-13(2)21-17-11-6-5-10-16(17)18(3,19)14-8-7-9-15(12-14)20-4/h5-13,19H,1-4H3. The van der Waals surface area contributed by atoms with E-state index in [1.807, 2.05) is 62.4 Å². The van der Waals surface area contributed by atoms with E-state index in [4.69, 9.17) is 9.47 Å². The third kappa shape index (κ3) is 3.37. The van der Waals surface area contributed by atoms with Crippen molar-refractivity contribution in [2.75, 3.05) is 7.11 Å². The first-order valence-electron chi connectivity index (χ1n) is 7.08. The van der Waals surface area contributed by atoms with E-state index in [1.54, 1.807) is 14.0 Å². The average molecular weight is 286 g/mol. The van der Waals surface area contributed by atoms with Gasteiger partial charge in [0.2, 0.25) is 0 Å². The summed E-state index contributed by atoms with van der Waals surface area (Å²) in [5, 5.41) is 11.0. The molecule has 0 spiro atoms. The van der Waals surface area contributed by atoms with Crippen molar-refractivity contribution in [3.63, 3.8) is 0 Å². The molecule has 0 aliphatic rings. The van der Waals surface area contributed by atoms with Gasteiger partial charge in [0, 0.05) is 5.56 Å². The van der Waals surface area contributed by atoms with Gasteiger partial charge in [-0.05, 0) is 44.5 Å². The molecule has 0 fully saturated rings. The topological polar surface area (TPSA) is 38.7 Å². The molecule has 3 heteroatoms. The van der Waals surface area contributed by atoms with E-state index in [1.165, 1.54) is 0 Å². The summed E-state index contributed by atoms with van der Waals surface area (Å²) in [7, 11) is 1.61. The highest BCUT2D eigenvalue weighted by Crippen LogP contribution is 2.36. The number of para-hydroxylation sites is 1. The molecule has 0 bridgehead atoms. The lowest BCUT2D eigenvalue weighted by molar-refractivity contribution is 0.0955. The fraction of sp³-hybridized carbons (Fsp3) is 0.333. The predicted molar refractivity (Wildman–Crippen MR) is 83.9 cm³/mol. The monoisotopic (exact) mass is 286 g/mol. The van der Waals surface area contributed by atoms with E-state index >= 15 is 0 Å². The highest BCUT2D eigenvalue weighted by molar-refractivity contribution is 5.45. The number of benzene rings is 2. The number of rotatable bonds is 5. The molecule has 3 nitrogen and oxygen atoms in total. The maximum atomic E-state index is 11.0. The fourth-order valence-electron chi connectivity index (χ4n) is 2.31. The van der Waals surface area contributed by atoms with Gasteiger partial charge in [0.25, 0.3) is 0 Å². The van der Waals surface area contributed by atoms with Crippen LogP contribution in [-0.2, 0) is 5.60 Å². The van der Waals surface area contributed by atoms with E-state index in [2.05, 4.69) is 0 Å². The molecule has 2 rings (SSSR count).